The smallest absolute Gasteiger partial charge is 0.335 e. The minimum absolute atomic E-state index is 0.0982. The average molecular weight is 550 g/mol. The zero-order valence-corrected chi connectivity index (χ0v) is 22.6. The number of hydrogen-bond acceptors (Lipinski definition) is 6. The Labute approximate surface area is 233 Å². The van der Waals surface area contributed by atoms with Crippen molar-refractivity contribution in [2.75, 3.05) is 43.5 Å². The molecule has 3 aromatic rings. The van der Waals surface area contributed by atoms with E-state index in [-0.39, 0.29) is 30.3 Å². The molecule has 9 heteroatoms. The lowest BCUT2D eigenvalue weighted by atomic mass is 9.99. The summed E-state index contributed by atoms with van der Waals surface area (Å²) in [4.78, 5) is 40.1. The van der Waals surface area contributed by atoms with Gasteiger partial charge in [-0.15, -0.1) is 0 Å². The van der Waals surface area contributed by atoms with Gasteiger partial charge in [0.05, 0.1) is 24.0 Å². The molecule has 0 atom stereocenters. The SMILES string of the molecule is COC(=O)CCCC(=O)Nc1cc(C(=O)O)ccc1N1CCN(Cc2ccccc2-c2ccc(Cl)cc2)CC1. The van der Waals surface area contributed by atoms with Crippen molar-refractivity contribution in [1.29, 1.82) is 0 Å². The Balaban J connectivity index is 1.42. The van der Waals surface area contributed by atoms with Crippen molar-refractivity contribution in [3.05, 3.63) is 82.9 Å². The van der Waals surface area contributed by atoms with Crippen molar-refractivity contribution in [3.63, 3.8) is 0 Å². The normalized spacial score (nSPS) is 13.6. The number of rotatable bonds is 10. The molecule has 0 aliphatic carbocycles. The molecule has 0 aromatic heterocycles. The molecule has 4 rings (SSSR count). The number of aromatic carboxylic acids is 1. The van der Waals surface area contributed by atoms with Crippen molar-refractivity contribution >= 4 is 40.8 Å². The minimum Gasteiger partial charge on any atom is -0.478 e. The van der Waals surface area contributed by atoms with Gasteiger partial charge in [-0.2, -0.15) is 0 Å². The van der Waals surface area contributed by atoms with E-state index in [1.807, 2.05) is 30.3 Å². The van der Waals surface area contributed by atoms with Crippen LogP contribution in [0.4, 0.5) is 11.4 Å². The van der Waals surface area contributed by atoms with E-state index in [1.165, 1.54) is 24.3 Å². The Morgan fingerprint density at radius 2 is 1.67 bits per heavy atom. The standard InChI is InChI=1S/C30H32ClN3O5/c1-39-29(36)8-4-7-28(35)32-26-19-22(30(37)38)11-14-27(26)34-17-15-33(16-18-34)20-23-5-2-3-6-25(23)21-9-12-24(31)13-10-21/h2-3,5-6,9-14,19H,4,7-8,15-18,20H2,1H3,(H,32,35)(H,37,38). The van der Waals surface area contributed by atoms with Crippen molar-refractivity contribution in [2.45, 2.75) is 25.8 Å². The number of carbonyl (C=O) groups is 3. The van der Waals surface area contributed by atoms with E-state index in [0.29, 0.717) is 17.1 Å². The summed E-state index contributed by atoms with van der Waals surface area (Å²) in [6, 6.07) is 21.0. The third kappa shape index (κ3) is 7.59. The molecule has 0 unspecified atom stereocenters. The number of ether oxygens (including phenoxy) is 1. The summed E-state index contributed by atoms with van der Waals surface area (Å²) in [5.41, 5.74) is 4.87. The molecule has 204 valence electrons. The van der Waals surface area contributed by atoms with Gasteiger partial charge in [-0.25, -0.2) is 4.79 Å². The second-order valence-electron chi connectivity index (χ2n) is 9.44. The zero-order chi connectivity index (χ0) is 27.8. The number of carboxylic acids is 1. The van der Waals surface area contributed by atoms with Gasteiger partial charge in [-0.3, -0.25) is 14.5 Å². The first kappa shape index (κ1) is 28.1. The highest BCUT2D eigenvalue weighted by Crippen LogP contribution is 2.30. The quantitative estimate of drug-likeness (QED) is 0.331. The predicted molar refractivity (Wildman–Crippen MR) is 152 cm³/mol. The van der Waals surface area contributed by atoms with Gasteiger partial charge in [0.15, 0.2) is 0 Å². The number of carboxylic acid groups (broad SMARTS) is 1. The van der Waals surface area contributed by atoms with Crippen LogP contribution in [-0.2, 0) is 20.9 Å². The lowest BCUT2D eigenvalue weighted by molar-refractivity contribution is -0.140. The fraction of sp³-hybridized carbons (Fsp3) is 0.300. The van der Waals surface area contributed by atoms with Gasteiger partial charge >= 0.3 is 11.9 Å². The fourth-order valence-electron chi connectivity index (χ4n) is 4.71. The Morgan fingerprint density at radius 3 is 2.36 bits per heavy atom. The zero-order valence-electron chi connectivity index (χ0n) is 21.9. The second kappa shape index (κ2) is 13.3. The van der Waals surface area contributed by atoms with Crippen LogP contribution in [0.1, 0.15) is 35.2 Å². The molecule has 0 spiro atoms. The molecule has 1 heterocycles. The van der Waals surface area contributed by atoms with E-state index in [9.17, 15) is 19.5 Å². The Morgan fingerprint density at radius 1 is 0.949 bits per heavy atom. The number of nitrogens with one attached hydrogen (secondary N) is 1. The lowest BCUT2D eigenvalue weighted by Crippen LogP contribution is -2.46. The second-order valence-corrected chi connectivity index (χ2v) is 9.88. The van der Waals surface area contributed by atoms with E-state index in [1.54, 1.807) is 12.1 Å². The molecule has 2 N–H and O–H groups in total. The lowest BCUT2D eigenvalue weighted by Gasteiger charge is -2.37. The number of hydrogen-bond donors (Lipinski definition) is 2. The summed E-state index contributed by atoms with van der Waals surface area (Å²) in [6.07, 6.45) is 0.629. The van der Waals surface area contributed by atoms with Crippen molar-refractivity contribution in [2.24, 2.45) is 0 Å². The van der Waals surface area contributed by atoms with Crippen LogP contribution < -0.4 is 10.2 Å². The molecule has 1 amide bonds. The molecule has 1 aliphatic rings. The highest BCUT2D eigenvalue weighted by molar-refractivity contribution is 6.30. The number of amides is 1. The summed E-state index contributed by atoms with van der Waals surface area (Å²) in [7, 11) is 1.31. The number of esters is 1. The fourth-order valence-corrected chi connectivity index (χ4v) is 4.84. The van der Waals surface area contributed by atoms with Crippen LogP contribution in [0.25, 0.3) is 11.1 Å². The number of benzene rings is 3. The molecule has 8 nitrogen and oxygen atoms in total. The van der Waals surface area contributed by atoms with E-state index in [2.05, 4.69) is 38.1 Å². The maximum atomic E-state index is 12.6. The van der Waals surface area contributed by atoms with Gasteiger partial charge in [-0.1, -0.05) is 48.0 Å². The molecule has 0 radical (unpaired) electrons. The highest BCUT2D eigenvalue weighted by atomic mass is 35.5. The van der Waals surface area contributed by atoms with E-state index in [0.717, 1.165) is 44.0 Å². The van der Waals surface area contributed by atoms with Crippen LogP contribution in [0.2, 0.25) is 5.02 Å². The van der Waals surface area contributed by atoms with Crippen LogP contribution in [0, 0.1) is 0 Å². The van der Waals surface area contributed by atoms with Crippen molar-refractivity contribution < 1.29 is 24.2 Å². The van der Waals surface area contributed by atoms with E-state index >= 15 is 0 Å². The average Bonchev–Trinajstić information content (AvgIpc) is 2.94. The maximum absolute atomic E-state index is 12.6. The van der Waals surface area contributed by atoms with Crippen LogP contribution in [0.15, 0.2) is 66.7 Å². The van der Waals surface area contributed by atoms with E-state index in [4.69, 9.17) is 11.6 Å². The van der Waals surface area contributed by atoms with Crippen LogP contribution in [0.3, 0.4) is 0 Å². The molecule has 39 heavy (non-hydrogen) atoms. The van der Waals surface area contributed by atoms with Gasteiger partial charge in [0, 0.05) is 50.6 Å². The van der Waals surface area contributed by atoms with E-state index < -0.39 is 5.97 Å². The number of halogens is 1. The highest BCUT2D eigenvalue weighted by Gasteiger charge is 2.22. The summed E-state index contributed by atoms with van der Waals surface area (Å²) >= 11 is 6.08. The first-order chi connectivity index (χ1) is 18.8. The summed E-state index contributed by atoms with van der Waals surface area (Å²) < 4.78 is 4.62. The Kier molecular flexibility index (Phi) is 9.57. The first-order valence-electron chi connectivity index (χ1n) is 12.9. The molecule has 1 aliphatic heterocycles. The van der Waals surface area contributed by atoms with Gasteiger partial charge in [0.1, 0.15) is 0 Å². The summed E-state index contributed by atoms with van der Waals surface area (Å²) in [5, 5.41) is 13.0. The first-order valence-corrected chi connectivity index (χ1v) is 13.3. The van der Waals surface area contributed by atoms with Gasteiger partial charge < -0.3 is 20.1 Å². The number of piperazine rings is 1. The van der Waals surface area contributed by atoms with Crippen LogP contribution in [0.5, 0.6) is 0 Å². The molecule has 1 saturated heterocycles. The van der Waals surface area contributed by atoms with Crippen molar-refractivity contribution in [3.8, 4) is 11.1 Å². The maximum Gasteiger partial charge on any atom is 0.335 e. The topological polar surface area (TPSA) is 99.2 Å². The Bertz CT molecular complexity index is 1320. The molecule has 0 bridgehead atoms. The number of nitrogens with zero attached hydrogens (tertiary/aromatic N) is 2. The molecule has 1 fully saturated rings. The Hall–Kier alpha value is -3.88. The minimum atomic E-state index is -1.06. The predicted octanol–water partition coefficient (Wildman–Crippen LogP) is 5.31. The third-order valence-electron chi connectivity index (χ3n) is 6.81. The van der Waals surface area contributed by atoms with Gasteiger partial charge in [-0.05, 0) is 53.4 Å². The van der Waals surface area contributed by atoms with Crippen LogP contribution in [-0.4, -0.2) is 61.1 Å². The molecular weight excluding hydrogens is 518 g/mol. The van der Waals surface area contributed by atoms with Gasteiger partial charge in [0.25, 0.3) is 0 Å². The summed E-state index contributed by atoms with van der Waals surface area (Å²) in [6.45, 7) is 3.86. The number of anilines is 2. The molecule has 3 aromatic carbocycles. The third-order valence-corrected chi connectivity index (χ3v) is 7.06. The van der Waals surface area contributed by atoms with Crippen molar-refractivity contribution in [1.82, 2.24) is 4.90 Å². The molecule has 0 saturated carbocycles. The van der Waals surface area contributed by atoms with Gasteiger partial charge in [0.2, 0.25) is 5.91 Å². The molecular formula is C30H32ClN3O5. The number of methoxy groups -OCH3 is 1. The summed E-state index contributed by atoms with van der Waals surface area (Å²) in [5.74, 6) is -1.71. The largest absolute Gasteiger partial charge is 0.478 e. The monoisotopic (exact) mass is 549 g/mol. The van der Waals surface area contributed by atoms with Crippen LogP contribution >= 0.6 is 11.6 Å². The number of carbonyl (C=O) groups excluding carboxylic acids is 2.